The van der Waals surface area contributed by atoms with Crippen molar-refractivity contribution in [2.75, 3.05) is 6.61 Å². The molecule has 1 aromatic rings. The number of carbonyl (C=O) groups excluding carboxylic acids is 1. The molecule has 0 bridgehead atoms. The largest absolute Gasteiger partial charge is 0.368 e. The molecule has 1 aliphatic heterocycles. The zero-order valence-electron chi connectivity index (χ0n) is 15.9. The van der Waals surface area contributed by atoms with Crippen LogP contribution in [0, 0.1) is 29.1 Å². The Labute approximate surface area is 156 Å². The van der Waals surface area contributed by atoms with Crippen molar-refractivity contribution < 1.29 is 9.53 Å². The van der Waals surface area contributed by atoms with Gasteiger partial charge in [0.25, 0.3) is 5.91 Å². The molecule has 1 saturated carbocycles. The third-order valence-corrected chi connectivity index (χ3v) is 5.78. The lowest BCUT2D eigenvalue weighted by Crippen LogP contribution is -2.39. The molecule has 138 valence electrons. The third-order valence-electron chi connectivity index (χ3n) is 5.78. The normalized spacial score (nSPS) is 27.9. The summed E-state index contributed by atoms with van der Waals surface area (Å²) in [5.41, 5.74) is 1.86. The molecule has 1 aliphatic carbocycles. The summed E-state index contributed by atoms with van der Waals surface area (Å²) in [7, 11) is 0. The highest BCUT2D eigenvalue weighted by Gasteiger charge is 2.33. The molecule has 0 N–H and O–H groups in total. The van der Waals surface area contributed by atoms with E-state index in [1.54, 1.807) is 6.20 Å². The second-order valence-electron chi connectivity index (χ2n) is 7.95. The van der Waals surface area contributed by atoms with Gasteiger partial charge >= 0.3 is 0 Å². The lowest BCUT2D eigenvalue weighted by Gasteiger charge is -2.37. The number of hydrogen-bond donors (Lipinski definition) is 0. The van der Waals surface area contributed by atoms with Gasteiger partial charge in [0.05, 0.1) is 12.2 Å². The minimum atomic E-state index is -0.585. The Bertz CT molecular complexity index is 719. The van der Waals surface area contributed by atoms with Crippen LogP contribution in [0.4, 0.5) is 0 Å². The number of hydrogen-bond acceptors (Lipinski definition) is 3. The Balaban J connectivity index is 1.67. The van der Waals surface area contributed by atoms with Crippen LogP contribution in [0.2, 0.25) is 0 Å². The van der Waals surface area contributed by atoms with E-state index in [2.05, 4.69) is 26.8 Å². The first-order valence-corrected chi connectivity index (χ1v) is 9.60. The molecule has 2 aliphatic rings. The van der Waals surface area contributed by atoms with Gasteiger partial charge in [-0.25, -0.2) is 0 Å². The average molecular weight is 352 g/mol. The second-order valence-corrected chi connectivity index (χ2v) is 7.95. The van der Waals surface area contributed by atoms with Gasteiger partial charge in [-0.15, -0.1) is 0 Å². The van der Waals surface area contributed by atoms with E-state index in [0.29, 0.717) is 17.8 Å². The van der Waals surface area contributed by atoms with E-state index >= 15 is 0 Å². The van der Waals surface area contributed by atoms with Crippen LogP contribution in [-0.2, 0) is 9.53 Å². The van der Waals surface area contributed by atoms with Crippen LogP contribution in [0.5, 0.6) is 0 Å². The monoisotopic (exact) mass is 352 g/mol. The fourth-order valence-corrected chi connectivity index (χ4v) is 4.23. The molecule has 26 heavy (non-hydrogen) atoms. The van der Waals surface area contributed by atoms with Gasteiger partial charge in [0.1, 0.15) is 12.6 Å². The fourth-order valence-electron chi connectivity index (χ4n) is 4.23. The van der Waals surface area contributed by atoms with E-state index in [1.165, 1.54) is 11.3 Å². The molecule has 0 spiro atoms. The maximum atomic E-state index is 12.8. The smallest absolute Gasteiger partial charge is 0.253 e. The molecule has 0 saturated heterocycles. The van der Waals surface area contributed by atoms with Crippen LogP contribution in [0.15, 0.2) is 30.5 Å². The van der Waals surface area contributed by atoms with Crippen molar-refractivity contribution in [3.05, 3.63) is 41.6 Å². The highest BCUT2D eigenvalue weighted by atomic mass is 16.5. The zero-order chi connectivity index (χ0) is 18.7. The first kappa shape index (κ1) is 18.7. The van der Waals surface area contributed by atoms with Crippen LogP contribution < -0.4 is 0 Å². The second kappa shape index (κ2) is 8.05. The van der Waals surface area contributed by atoms with Crippen molar-refractivity contribution in [3.63, 3.8) is 0 Å². The van der Waals surface area contributed by atoms with Gasteiger partial charge in [-0.3, -0.25) is 9.69 Å². The zero-order valence-corrected chi connectivity index (χ0v) is 15.9. The van der Waals surface area contributed by atoms with E-state index < -0.39 is 6.04 Å². The van der Waals surface area contributed by atoms with E-state index in [-0.39, 0.29) is 18.6 Å². The van der Waals surface area contributed by atoms with Gasteiger partial charge in [0, 0.05) is 6.20 Å². The van der Waals surface area contributed by atoms with Crippen molar-refractivity contribution in [3.8, 4) is 6.07 Å². The number of amides is 1. The molecule has 4 nitrogen and oxygen atoms in total. The Morgan fingerprint density at radius 3 is 2.85 bits per heavy atom. The number of ether oxygens (including phenoxy) is 1. The highest BCUT2D eigenvalue weighted by Crippen LogP contribution is 2.35. The quantitative estimate of drug-likeness (QED) is 0.799. The number of fused-ring (bicyclic) bond motifs is 1. The van der Waals surface area contributed by atoms with Crippen molar-refractivity contribution in [2.45, 2.75) is 52.2 Å². The van der Waals surface area contributed by atoms with Gasteiger partial charge in [-0.1, -0.05) is 51.5 Å². The molecule has 0 radical (unpaired) electrons. The number of nitrogens with zero attached hydrogens (tertiary/aromatic N) is 2. The topological polar surface area (TPSA) is 53.3 Å². The van der Waals surface area contributed by atoms with Crippen LogP contribution in [0.25, 0.3) is 6.08 Å². The number of benzene rings is 1. The molecule has 4 atom stereocenters. The predicted molar refractivity (Wildman–Crippen MR) is 102 cm³/mol. The van der Waals surface area contributed by atoms with Gasteiger partial charge < -0.3 is 4.74 Å². The molecule has 1 heterocycles. The molecule has 4 heteroatoms. The van der Waals surface area contributed by atoms with E-state index in [9.17, 15) is 10.1 Å². The predicted octanol–water partition coefficient (Wildman–Crippen LogP) is 4.54. The maximum absolute atomic E-state index is 12.8. The van der Waals surface area contributed by atoms with Gasteiger partial charge in [0.15, 0.2) is 0 Å². The molecule has 1 aromatic carbocycles. The van der Waals surface area contributed by atoms with Gasteiger partial charge in [-0.2, -0.15) is 5.26 Å². The van der Waals surface area contributed by atoms with Crippen LogP contribution in [-0.4, -0.2) is 23.5 Å². The molecular formula is C22H28N2O2. The highest BCUT2D eigenvalue weighted by molar-refractivity contribution is 5.81. The Morgan fingerprint density at radius 1 is 1.35 bits per heavy atom. The van der Waals surface area contributed by atoms with Crippen molar-refractivity contribution in [1.82, 2.24) is 4.90 Å². The SMILES string of the molecule is CC(C)[C@H]1CC[C@H](C)C[C@@H]1OCC(=O)N1C=Cc2ccccc2[C@H]1C#N. The Hall–Kier alpha value is -2.12. The van der Waals surface area contributed by atoms with Crippen molar-refractivity contribution in [1.29, 1.82) is 5.26 Å². The molecule has 3 rings (SSSR count). The Kier molecular flexibility index (Phi) is 5.78. The standard InChI is InChI=1S/C22H28N2O2/c1-15(2)18-9-8-16(3)12-21(18)26-14-22(25)24-11-10-17-6-4-5-7-19(17)20(24)13-23/h4-7,10-11,15-16,18,20-21H,8-9,12,14H2,1-3H3/t16-,18+,20+,21-/m0/s1. The summed E-state index contributed by atoms with van der Waals surface area (Å²) in [6.45, 7) is 6.75. The number of nitriles is 1. The van der Waals surface area contributed by atoms with Crippen molar-refractivity contribution in [2.24, 2.45) is 17.8 Å². The lowest BCUT2D eigenvalue weighted by molar-refractivity contribution is -0.140. The summed E-state index contributed by atoms with van der Waals surface area (Å²) in [5.74, 6) is 1.54. The van der Waals surface area contributed by atoms with E-state index in [4.69, 9.17) is 4.74 Å². The van der Waals surface area contributed by atoms with Gasteiger partial charge in [-0.05, 0) is 47.8 Å². The van der Waals surface area contributed by atoms with Crippen LogP contribution in [0.3, 0.4) is 0 Å². The maximum Gasteiger partial charge on any atom is 0.253 e. The summed E-state index contributed by atoms with van der Waals surface area (Å²) < 4.78 is 6.09. The van der Waals surface area contributed by atoms with Crippen molar-refractivity contribution >= 4 is 12.0 Å². The molecule has 0 aromatic heterocycles. The molecule has 1 fully saturated rings. The summed E-state index contributed by atoms with van der Waals surface area (Å²) in [4.78, 5) is 14.3. The van der Waals surface area contributed by atoms with E-state index in [0.717, 1.165) is 24.0 Å². The molecule has 1 amide bonds. The molecule has 0 unspecified atom stereocenters. The number of carbonyl (C=O) groups is 1. The van der Waals surface area contributed by atoms with Crippen LogP contribution >= 0.6 is 0 Å². The summed E-state index contributed by atoms with van der Waals surface area (Å²) >= 11 is 0. The molecular weight excluding hydrogens is 324 g/mol. The van der Waals surface area contributed by atoms with E-state index in [1.807, 2.05) is 30.3 Å². The first-order chi connectivity index (χ1) is 12.5. The average Bonchev–Trinajstić information content (AvgIpc) is 2.64. The minimum Gasteiger partial charge on any atom is -0.368 e. The van der Waals surface area contributed by atoms with Crippen LogP contribution in [0.1, 0.15) is 57.2 Å². The number of rotatable bonds is 4. The third kappa shape index (κ3) is 3.83. The minimum absolute atomic E-state index is 0.0330. The summed E-state index contributed by atoms with van der Waals surface area (Å²) in [6, 6.07) is 9.39. The lowest BCUT2D eigenvalue weighted by atomic mass is 9.75. The summed E-state index contributed by atoms with van der Waals surface area (Å²) in [5, 5.41) is 9.61. The summed E-state index contributed by atoms with van der Waals surface area (Å²) in [6.07, 6.45) is 7.14. The van der Waals surface area contributed by atoms with Gasteiger partial charge in [0.2, 0.25) is 0 Å². The first-order valence-electron chi connectivity index (χ1n) is 9.60. The Morgan fingerprint density at radius 2 is 2.12 bits per heavy atom. The fraction of sp³-hybridized carbons (Fsp3) is 0.545.